The molecule has 1 aliphatic rings. The summed E-state index contributed by atoms with van der Waals surface area (Å²) in [6, 6.07) is 61.8. The molecule has 10 rings (SSSR count). The molecular weight excluding hydrogens is 829 g/mol. The lowest BCUT2D eigenvalue weighted by Crippen LogP contribution is -2.25. The van der Waals surface area contributed by atoms with Crippen LogP contribution >= 0.6 is 0 Å². The molecule has 0 saturated carbocycles. The van der Waals surface area contributed by atoms with Crippen molar-refractivity contribution in [3.63, 3.8) is 0 Å². The van der Waals surface area contributed by atoms with Crippen LogP contribution in [0.25, 0.3) is 38.8 Å². The minimum absolute atomic E-state index is 0.0136. The summed E-state index contributed by atoms with van der Waals surface area (Å²) < 4.78 is 9.15. The highest BCUT2D eigenvalue weighted by molar-refractivity contribution is 6.09. The Balaban J connectivity index is 1.09. The second-order valence-corrected chi connectivity index (χ2v) is 22.3. The van der Waals surface area contributed by atoms with Crippen LogP contribution in [0.3, 0.4) is 0 Å². The lowest BCUT2D eigenvalue weighted by Gasteiger charge is -2.32. The third kappa shape index (κ3) is 8.23. The van der Waals surface area contributed by atoms with Crippen LogP contribution in [0.4, 0.5) is 22.7 Å². The van der Waals surface area contributed by atoms with Crippen molar-refractivity contribution in [1.82, 2.24) is 9.55 Å². The van der Waals surface area contributed by atoms with E-state index in [-0.39, 0.29) is 21.7 Å². The van der Waals surface area contributed by atoms with Crippen LogP contribution in [0, 0.1) is 0 Å². The normalized spacial score (nSPS) is 13.4. The summed E-state index contributed by atoms with van der Waals surface area (Å²) >= 11 is 0. The van der Waals surface area contributed by atoms with Crippen molar-refractivity contribution >= 4 is 44.6 Å². The fourth-order valence-corrected chi connectivity index (χ4v) is 10.1. The van der Waals surface area contributed by atoms with Crippen molar-refractivity contribution in [1.29, 1.82) is 0 Å². The fraction of sp³-hybridized carbons (Fsp3) is 0.254. The Labute approximate surface area is 403 Å². The first-order chi connectivity index (χ1) is 32.3. The number of ether oxygens (including phenoxy) is 1. The first kappa shape index (κ1) is 44.7. The molecule has 0 amide bonds. The van der Waals surface area contributed by atoms with Gasteiger partial charge in [0.05, 0.1) is 22.4 Å². The average Bonchev–Trinajstić information content (AvgIpc) is 3.86. The topological polar surface area (TPSA) is 33.5 Å². The van der Waals surface area contributed by atoms with Crippen LogP contribution in [0.2, 0.25) is 0 Å². The molecule has 0 bridgehead atoms. The molecule has 342 valence electrons. The predicted molar refractivity (Wildman–Crippen MR) is 287 cm³/mol. The van der Waals surface area contributed by atoms with Crippen LogP contribution in [-0.2, 0) is 21.7 Å². The van der Waals surface area contributed by atoms with Crippen LogP contribution in [0.1, 0.15) is 104 Å². The number of fused-ring (bicyclic) bond motifs is 4. The van der Waals surface area contributed by atoms with Gasteiger partial charge in [-0.3, -0.25) is 4.57 Å². The Bertz CT molecular complexity index is 3320. The summed E-state index contributed by atoms with van der Waals surface area (Å²) in [5.74, 6) is 2.44. The number of aromatic nitrogens is 2. The number of pyridine rings is 1. The minimum Gasteiger partial charge on any atom is -0.457 e. The van der Waals surface area contributed by atoms with Gasteiger partial charge in [0.15, 0.2) is 0 Å². The van der Waals surface area contributed by atoms with E-state index in [1.54, 1.807) is 0 Å². The molecule has 0 radical (unpaired) electrons. The summed E-state index contributed by atoms with van der Waals surface area (Å²) in [5.41, 5.74) is 15.3. The molecule has 0 spiro atoms. The second-order valence-electron chi connectivity index (χ2n) is 22.3. The van der Waals surface area contributed by atoms with Gasteiger partial charge in [-0.2, -0.15) is 0 Å². The minimum atomic E-state index is -0.244. The van der Waals surface area contributed by atoms with Gasteiger partial charge in [-0.25, -0.2) is 4.98 Å². The van der Waals surface area contributed by atoms with Crippen LogP contribution in [-0.4, -0.2) is 16.2 Å². The Hall–Kier alpha value is -7.11. The summed E-state index contributed by atoms with van der Waals surface area (Å²) in [7, 11) is 0. The molecule has 7 aromatic carbocycles. The van der Waals surface area contributed by atoms with Crippen LogP contribution < -0.4 is 14.5 Å². The van der Waals surface area contributed by atoms with Gasteiger partial charge in [-0.1, -0.05) is 167 Å². The molecule has 2 aromatic heterocycles. The Morgan fingerprint density at radius 3 is 1.72 bits per heavy atom. The molecule has 0 N–H and O–H groups in total. The van der Waals surface area contributed by atoms with E-state index >= 15 is 0 Å². The molecule has 5 nitrogen and oxygen atoms in total. The molecule has 0 unspecified atom stereocenters. The number of benzene rings is 7. The van der Waals surface area contributed by atoms with Crippen molar-refractivity contribution in [2.45, 2.75) is 97.8 Å². The molecule has 68 heavy (non-hydrogen) atoms. The number of rotatable bonds is 8. The number of hydrogen-bond acceptors (Lipinski definition) is 4. The van der Waals surface area contributed by atoms with Crippen LogP contribution in [0.15, 0.2) is 176 Å². The van der Waals surface area contributed by atoms with E-state index in [2.05, 4.69) is 260 Å². The number of anilines is 4. The highest BCUT2D eigenvalue weighted by Gasteiger charge is 2.35. The standard InChI is InChI=1S/C63H64N4O/c1-60(2,3)45-31-32-64-59(36-45)67-55-28-19-18-27-51(55)52-30-29-50(38-56(52)67)68-49-26-20-25-47(37-49)65-41-66(58-40-54(62(7,8)9)53(39-57(58)65)61(4,5)6)48-34-43(42-21-14-12-15-22-42)33-46(35-48)63(10,11)44-23-16-13-17-24-44/h12-40H,41H2,1-11H3. The Morgan fingerprint density at radius 1 is 0.426 bits per heavy atom. The number of nitrogens with zero attached hydrogens (tertiary/aromatic N) is 4. The Kier molecular flexibility index (Phi) is 10.9. The van der Waals surface area contributed by atoms with E-state index in [0.29, 0.717) is 6.67 Å². The zero-order valence-corrected chi connectivity index (χ0v) is 41.6. The summed E-state index contributed by atoms with van der Waals surface area (Å²) in [5, 5.41) is 2.35. The average molecular weight is 893 g/mol. The molecule has 3 heterocycles. The SMILES string of the molecule is CC(C)(C)c1ccnc(-n2c3ccccc3c3ccc(Oc4cccc(N5CN(c6cc(-c7ccccc7)cc(C(C)(C)c7ccccc7)c6)c6cc(C(C)(C)C)c(C(C)(C)C)cc65)c4)cc32)c1. The van der Waals surface area contributed by atoms with Crippen molar-refractivity contribution < 1.29 is 4.74 Å². The maximum atomic E-state index is 6.88. The molecule has 0 aliphatic carbocycles. The molecule has 0 saturated heterocycles. The van der Waals surface area contributed by atoms with E-state index in [4.69, 9.17) is 9.72 Å². The maximum absolute atomic E-state index is 6.88. The van der Waals surface area contributed by atoms with Gasteiger partial charge in [0.1, 0.15) is 24.0 Å². The van der Waals surface area contributed by atoms with Gasteiger partial charge in [0.2, 0.25) is 0 Å². The van der Waals surface area contributed by atoms with E-state index in [0.717, 1.165) is 45.1 Å². The van der Waals surface area contributed by atoms with Crippen molar-refractivity contribution in [3.05, 3.63) is 204 Å². The fourth-order valence-electron chi connectivity index (χ4n) is 10.1. The van der Waals surface area contributed by atoms with Gasteiger partial charge in [0, 0.05) is 45.9 Å². The van der Waals surface area contributed by atoms with Crippen molar-refractivity contribution in [2.24, 2.45) is 0 Å². The molecule has 9 aromatic rings. The maximum Gasteiger partial charge on any atom is 0.137 e. The number of hydrogen-bond donors (Lipinski definition) is 0. The highest BCUT2D eigenvalue weighted by Crippen LogP contribution is 2.51. The van der Waals surface area contributed by atoms with Gasteiger partial charge in [0.25, 0.3) is 0 Å². The lowest BCUT2D eigenvalue weighted by molar-refractivity contribution is 0.483. The lowest BCUT2D eigenvalue weighted by atomic mass is 9.74. The summed E-state index contributed by atoms with van der Waals surface area (Å²) in [6.07, 6.45) is 1.93. The molecular formula is C63H64N4O. The predicted octanol–water partition coefficient (Wildman–Crippen LogP) is 17.1. The third-order valence-electron chi connectivity index (χ3n) is 14.0. The first-order valence-corrected chi connectivity index (χ1v) is 24.1. The van der Waals surface area contributed by atoms with Crippen molar-refractivity contribution in [2.75, 3.05) is 16.5 Å². The van der Waals surface area contributed by atoms with Gasteiger partial charge >= 0.3 is 0 Å². The van der Waals surface area contributed by atoms with E-state index in [1.165, 1.54) is 55.7 Å². The monoisotopic (exact) mass is 893 g/mol. The zero-order valence-electron chi connectivity index (χ0n) is 41.6. The highest BCUT2D eigenvalue weighted by atomic mass is 16.5. The summed E-state index contributed by atoms with van der Waals surface area (Å²) in [4.78, 5) is 9.91. The van der Waals surface area contributed by atoms with E-state index in [1.807, 2.05) is 6.20 Å². The second kappa shape index (κ2) is 16.6. The molecule has 0 atom stereocenters. The number of para-hydroxylation sites is 1. The summed E-state index contributed by atoms with van der Waals surface area (Å²) in [6.45, 7) is 26.1. The zero-order chi connectivity index (χ0) is 47.8. The van der Waals surface area contributed by atoms with Crippen molar-refractivity contribution in [3.8, 4) is 28.4 Å². The molecule has 5 heteroatoms. The van der Waals surface area contributed by atoms with Gasteiger partial charge < -0.3 is 14.5 Å². The molecule has 1 aliphatic heterocycles. The Morgan fingerprint density at radius 2 is 1.04 bits per heavy atom. The van der Waals surface area contributed by atoms with Crippen LogP contribution in [0.5, 0.6) is 11.5 Å². The van der Waals surface area contributed by atoms with E-state index < -0.39 is 0 Å². The smallest absolute Gasteiger partial charge is 0.137 e. The molecule has 0 fully saturated rings. The largest absolute Gasteiger partial charge is 0.457 e. The first-order valence-electron chi connectivity index (χ1n) is 24.1. The third-order valence-corrected chi connectivity index (χ3v) is 14.0. The van der Waals surface area contributed by atoms with E-state index in [9.17, 15) is 0 Å². The van der Waals surface area contributed by atoms with Gasteiger partial charge in [-0.15, -0.1) is 0 Å². The van der Waals surface area contributed by atoms with Gasteiger partial charge in [-0.05, 0) is 122 Å². The quantitative estimate of drug-likeness (QED) is 0.152.